The average molecular weight is 377 g/mol. The molecule has 0 aromatic heterocycles. The summed E-state index contributed by atoms with van der Waals surface area (Å²) >= 11 is 0. The number of hydrogen-bond donors (Lipinski definition) is 1. The topological polar surface area (TPSA) is 59.0 Å². The van der Waals surface area contributed by atoms with E-state index in [0.717, 1.165) is 22.1 Å². The van der Waals surface area contributed by atoms with Crippen LogP contribution in [0.5, 0.6) is 11.5 Å². The Hall–Kier alpha value is -3.05. The number of nitrogens with zero attached hydrogens (tertiary/aromatic N) is 1. The molecular formula is C23H23NO4. The van der Waals surface area contributed by atoms with Crippen molar-refractivity contribution >= 4 is 16.7 Å². The summed E-state index contributed by atoms with van der Waals surface area (Å²) in [6, 6.07) is 17.2. The molecule has 0 unspecified atom stereocenters. The third-order valence-corrected chi connectivity index (χ3v) is 5.33. The number of rotatable bonds is 3. The van der Waals surface area contributed by atoms with E-state index in [1.54, 1.807) is 37.1 Å². The van der Waals surface area contributed by atoms with Gasteiger partial charge in [0, 0.05) is 17.7 Å². The van der Waals surface area contributed by atoms with E-state index in [-0.39, 0.29) is 17.8 Å². The van der Waals surface area contributed by atoms with Crippen molar-refractivity contribution in [1.82, 2.24) is 4.90 Å². The zero-order valence-corrected chi connectivity index (χ0v) is 16.0. The second-order valence-electron chi connectivity index (χ2n) is 7.03. The van der Waals surface area contributed by atoms with Crippen LogP contribution in [0.25, 0.3) is 10.8 Å². The highest BCUT2D eigenvalue weighted by Gasteiger charge is 2.27. The molecule has 5 nitrogen and oxygen atoms in total. The molecule has 1 heterocycles. The Morgan fingerprint density at radius 2 is 1.93 bits per heavy atom. The van der Waals surface area contributed by atoms with Crippen LogP contribution in [0.4, 0.5) is 0 Å². The van der Waals surface area contributed by atoms with E-state index in [1.807, 2.05) is 24.3 Å². The first kappa shape index (κ1) is 18.3. The van der Waals surface area contributed by atoms with Gasteiger partial charge in [-0.05, 0) is 53.6 Å². The molecule has 3 aromatic rings. The SMILES string of the molecule is COc1ccc2cc([C@H]3CN(C(=O)c4cccc(O)c4C)CCO3)ccc2c1. The first-order chi connectivity index (χ1) is 13.6. The number of hydrogen-bond acceptors (Lipinski definition) is 4. The molecule has 0 aliphatic carbocycles. The van der Waals surface area contributed by atoms with Gasteiger partial charge in [0.25, 0.3) is 5.91 Å². The summed E-state index contributed by atoms with van der Waals surface area (Å²) in [5.41, 5.74) is 2.18. The first-order valence-corrected chi connectivity index (χ1v) is 9.34. The number of phenols is 1. The minimum absolute atomic E-state index is 0.0766. The van der Waals surface area contributed by atoms with E-state index >= 15 is 0 Å². The molecule has 1 fully saturated rings. The Morgan fingerprint density at radius 3 is 2.75 bits per heavy atom. The minimum Gasteiger partial charge on any atom is -0.508 e. The van der Waals surface area contributed by atoms with Crippen molar-refractivity contribution < 1.29 is 19.4 Å². The van der Waals surface area contributed by atoms with Gasteiger partial charge in [0.2, 0.25) is 0 Å². The fraction of sp³-hybridized carbons (Fsp3) is 0.261. The Morgan fingerprint density at radius 1 is 1.14 bits per heavy atom. The predicted octanol–water partition coefficient (Wildman–Crippen LogP) is 4.08. The third kappa shape index (κ3) is 3.41. The number of amides is 1. The van der Waals surface area contributed by atoms with Crippen LogP contribution in [0.15, 0.2) is 54.6 Å². The van der Waals surface area contributed by atoms with Crippen LogP contribution in [-0.4, -0.2) is 42.7 Å². The Kier molecular flexibility index (Phi) is 4.92. The molecule has 0 radical (unpaired) electrons. The van der Waals surface area contributed by atoms with Crippen molar-refractivity contribution in [2.75, 3.05) is 26.8 Å². The Bertz CT molecular complexity index is 1030. The van der Waals surface area contributed by atoms with E-state index in [1.165, 1.54) is 0 Å². The average Bonchev–Trinajstić information content (AvgIpc) is 2.74. The van der Waals surface area contributed by atoms with Crippen molar-refractivity contribution in [3.05, 3.63) is 71.3 Å². The second-order valence-corrected chi connectivity index (χ2v) is 7.03. The van der Waals surface area contributed by atoms with Gasteiger partial charge in [0.1, 0.15) is 17.6 Å². The van der Waals surface area contributed by atoms with Gasteiger partial charge < -0.3 is 19.5 Å². The number of morpholine rings is 1. The van der Waals surface area contributed by atoms with Gasteiger partial charge in [-0.25, -0.2) is 0 Å². The van der Waals surface area contributed by atoms with Crippen LogP contribution in [0.2, 0.25) is 0 Å². The highest BCUT2D eigenvalue weighted by molar-refractivity contribution is 5.96. The number of methoxy groups -OCH3 is 1. The number of phenolic OH excluding ortho intramolecular Hbond substituents is 1. The molecular weight excluding hydrogens is 354 g/mol. The lowest BCUT2D eigenvalue weighted by Gasteiger charge is -2.33. The molecule has 0 bridgehead atoms. The lowest BCUT2D eigenvalue weighted by Crippen LogP contribution is -2.42. The lowest BCUT2D eigenvalue weighted by atomic mass is 10.0. The molecule has 28 heavy (non-hydrogen) atoms. The van der Waals surface area contributed by atoms with E-state index in [4.69, 9.17) is 9.47 Å². The summed E-state index contributed by atoms with van der Waals surface area (Å²) < 4.78 is 11.2. The maximum absolute atomic E-state index is 13.0. The second kappa shape index (κ2) is 7.52. The van der Waals surface area contributed by atoms with E-state index < -0.39 is 0 Å². The highest BCUT2D eigenvalue weighted by atomic mass is 16.5. The maximum Gasteiger partial charge on any atom is 0.254 e. The fourth-order valence-electron chi connectivity index (χ4n) is 3.63. The summed E-state index contributed by atoms with van der Waals surface area (Å²) in [5.74, 6) is 0.889. The summed E-state index contributed by atoms with van der Waals surface area (Å²) in [7, 11) is 1.66. The molecule has 1 N–H and O–H groups in total. The van der Waals surface area contributed by atoms with Crippen molar-refractivity contribution in [2.45, 2.75) is 13.0 Å². The van der Waals surface area contributed by atoms with Crippen LogP contribution in [0.3, 0.4) is 0 Å². The maximum atomic E-state index is 13.0. The highest BCUT2D eigenvalue weighted by Crippen LogP contribution is 2.29. The molecule has 1 aliphatic rings. The largest absolute Gasteiger partial charge is 0.508 e. The number of carbonyl (C=O) groups is 1. The van der Waals surface area contributed by atoms with Gasteiger partial charge in [0.05, 0.1) is 20.3 Å². The zero-order valence-electron chi connectivity index (χ0n) is 16.0. The van der Waals surface area contributed by atoms with Crippen LogP contribution in [-0.2, 0) is 4.74 Å². The number of fused-ring (bicyclic) bond motifs is 1. The Labute approximate surface area is 164 Å². The normalized spacial score (nSPS) is 16.9. The number of ether oxygens (including phenoxy) is 2. The molecule has 0 saturated carbocycles. The number of carbonyl (C=O) groups excluding carboxylic acids is 1. The monoisotopic (exact) mass is 377 g/mol. The summed E-state index contributed by atoms with van der Waals surface area (Å²) in [6.07, 6.45) is -0.179. The van der Waals surface area contributed by atoms with Gasteiger partial charge in [-0.1, -0.05) is 24.3 Å². The minimum atomic E-state index is -0.179. The predicted molar refractivity (Wildman–Crippen MR) is 108 cm³/mol. The van der Waals surface area contributed by atoms with Crippen LogP contribution in [0.1, 0.15) is 27.6 Å². The molecule has 0 spiro atoms. The van der Waals surface area contributed by atoms with E-state index in [2.05, 4.69) is 12.1 Å². The third-order valence-electron chi connectivity index (χ3n) is 5.33. The molecule has 144 valence electrons. The zero-order chi connectivity index (χ0) is 19.7. The fourth-order valence-corrected chi connectivity index (χ4v) is 3.63. The molecule has 1 aliphatic heterocycles. The summed E-state index contributed by atoms with van der Waals surface area (Å²) in [4.78, 5) is 14.8. The first-order valence-electron chi connectivity index (χ1n) is 9.34. The van der Waals surface area contributed by atoms with Crippen LogP contribution < -0.4 is 4.74 Å². The van der Waals surface area contributed by atoms with Gasteiger partial charge in [-0.2, -0.15) is 0 Å². The molecule has 5 heteroatoms. The number of benzene rings is 3. The van der Waals surface area contributed by atoms with Crippen molar-refractivity contribution in [3.8, 4) is 11.5 Å². The molecule has 4 rings (SSSR count). The van der Waals surface area contributed by atoms with Gasteiger partial charge in [-0.3, -0.25) is 4.79 Å². The molecule has 1 saturated heterocycles. The molecule has 3 aromatic carbocycles. The summed E-state index contributed by atoms with van der Waals surface area (Å²) in [5, 5.41) is 12.1. The molecule has 1 amide bonds. The van der Waals surface area contributed by atoms with E-state index in [9.17, 15) is 9.90 Å². The summed E-state index contributed by atoms with van der Waals surface area (Å²) in [6.45, 7) is 3.26. The quantitative estimate of drug-likeness (QED) is 0.747. The van der Waals surface area contributed by atoms with Gasteiger partial charge >= 0.3 is 0 Å². The number of aromatic hydroxyl groups is 1. The Balaban J connectivity index is 1.57. The molecule has 1 atom stereocenters. The van der Waals surface area contributed by atoms with Crippen LogP contribution in [0, 0.1) is 6.92 Å². The van der Waals surface area contributed by atoms with Crippen molar-refractivity contribution in [2.24, 2.45) is 0 Å². The van der Waals surface area contributed by atoms with Gasteiger partial charge in [0.15, 0.2) is 0 Å². The van der Waals surface area contributed by atoms with Gasteiger partial charge in [-0.15, -0.1) is 0 Å². The van der Waals surface area contributed by atoms with E-state index in [0.29, 0.717) is 30.8 Å². The van der Waals surface area contributed by atoms with Crippen molar-refractivity contribution in [1.29, 1.82) is 0 Å². The van der Waals surface area contributed by atoms with Crippen LogP contribution >= 0.6 is 0 Å². The van der Waals surface area contributed by atoms with Crippen molar-refractivity contribution in [3.63, 3.8) is 0 Å². The lowest BCUT2D eigenvalue weighted by molar-refractivity contribution is -0.0228. The standard InChI is InChI=1S/C23H23NO4/c1-15-20(4-3-5-21(15)25)23(26)24-10-11-28-22(14-24)18-7-6-17-13-19(27-2)9-8-16(17)12-18/h3-9,12-13,22,25H,10-11,14H2,1-2H3/t22-/m1/s1. The smallest absolute Gasteiger partial charge is 0.254 e.